The molecule has 0 spiro atoms. The molecule has 0 radical (unpaired) electrons. The smallest absolute Gasteiger partial charge is 0.245 e. The molecule has 0 fully saturated rings. The fraction of sp³-hybridized carbons (Fsp3) is 0.375. The van der Waals surface area contributed by atoms with E-state index in [-0.39, 0.29) is 11.9 Å². The lowest BCUT2D eigenvalue weighted by atomic mass is 10.1. The van der Waals surface area contributed by atoms with Crippen molar-refractivity contribution in [2.24, 2.45) is 0 Å². The third-order valence-electron chi connectivity index (χ3n) is 3.02. The zero-order chi connectivity index (χ0) is 16.2. The average molecular weight is 321 g/mol. The quantitative estimate of drug-likeness (QED) is 0.300. The first kappa shape index (κ1) is 18.3. The SMILES string of the molecule is CNC(=O)/C=C\N(C=O)CCCSNC(C)c1ccccc1. The molecule has 1 rings (SSSR count). The van der Waals surface area contributed by atoms with Gasteiger partial charge in [-0.3, -0.25) is 14.3 Å². The van der Waals surface area contributed by atoms with Gasteiger partial charge in [0.1, 0.15) is 0 Å². The molecular weight excluding hydrogens is 298 g/mol. The molecule has 0 aliphatic heterocycles. The van der Waals surface area contributed by atoms with Crippen LogP contribution in [-0.2, 0) is 9.59 Å². The molecule has 1 unspecified atom stereocenters. The Bertz CT molecular complexity index is 480. The molecule has 5 nitrogen and oxygen atoms in total. The third-order valence-corrected chi connectivity index (χ3v) is 4.03. The maximum Gasteiger partial charge on any atom is 0.245 e. The van der Waals surface area contributed by atoms with Gasteiger partial charge in [0.2, 0.25) is 12.3 Å². The van der Waals surface area contributed by atoms with E-state index in [0.29, 0.717) is 6.54 Å². The number of carbonyl (C=O) groups excluding carboxylic acids is 2. The van der Waals surface area contributed by atoms with E-state index in [9.17, 15) is 9.59 Å². The lowest BCUT2D eigenvalue weighted by Crippen LogP contribution is -2.20. The van der Waals surface area contributed by atoms with E-state index in [1.807, 2.05) is 18.2 Å². The van der Waals surface area contributed by atoms with Crippen molar-refractivity contribution in [3.05, 3.63) is 48.2 Å². The van der Waals surface area contributed by atoms with Gasteiger partial charge in [0.15, 0.2) is 0 Å². The van der Waals surface area contributed by atoms with Gasteiger partial charge >= 0.3 is 0 Å². The van der Waals surface area contributed by atoms with Crippen LogP contribution in [0.1, 0.15) is 24.9 Å². The van der Waals surface area contributed by atoms with Crippen molar-refractivity contribution >= 4 is 24.3 Å². The number of rotatable bonds is 10. The summed E-state index contributed by atoms with van der Waals surface area (Å²) < 4.78 is 3.38. The van der Waals surface area contributed by atoms with Gasteiger partial charge in [-0.25, -0.2) is 0 Å². The van der Waals surface area contributed by atoms with Crippen molar-refractivity contribution in [1.29, 1.82) is 0 Å². The van der Waals surface area contributed by atoms with Crippen LogP contribution in [0.5, 0.6) is 0 Å². The Hall–Kier alpha value is -1.79. The van der Waals surface area contributed by atoms with Gasteiger partial charge in [0.05, 0.1) is 0 Å². The molecule has 0 bridgehead atoms. The van der Waals surface area contributed by atoms with Crippen LogP contribution in [0, 0.1) is 0 Å². The van der Waals surface area contributed by atoms with E-state index in [0.717, 1.165) is 18.6 Å². The van der Waals surface area contributed by atoms with Crippen LogP contribution >= 0.6 is 11.9 Å². The number of likely N-dealkylation sites (N-methyl/N-ethyl adjacent to an activating group) is 1. The van der Waals surface area contributed by atoms with Gasteiger partial charge in [0, 0.05) is 37.7 Å². The minimum absolute atomic E-state index is 0.223. The zero-order valence-corrected chi connectivity index (χ0v) is 13.8. The number of nitrogens with zero attached hydrogens (tertiary/aromatic N) is 1. The third kappa shape index (κ3) is 7.28. The second kappa shape index (κ2) is 10.9. The van der Waals surface area contributed by atoms with Crippen molar-refractivity contribution < 1.29 is 9.59 Å². The standard InChI is InChI=1S/C16H23N3O2S/c1-14(15-7-4-3-5-8-15)18-22-12-6-10-19(13-20)11-9-16(21)17-2/h3-5,7-9,11,13-14,18H,6,10,12H2,1-2H3,(H,17,21)/b11-9-. The number of hydrogen-bond donors (Lipinski definition) is 2. The summed E-state index contributed by atoms with van der Waals surface area (Å²) in [4.78, 5) is 23.4. The molecule has 0 heterocycles. The van der Waals surface area contributed by atoms with E-state index < -0.39 is 0 Å². The van der Waals surface area contributed by atoms with Gasteiger partial charge < -0.3 is 10.2 Å². The predicted molar refractivity (Wildman–Crippen MR) is 91.0 cm³/mol. The number of nitrogens with one attached hydrogen (secondary N) is 2. The lowest BCUT2D eigenvalue weighted by Gasteiger charge is -2.14. The molecule has 22 heavy (non-hydrogen) atoms. The minimum atomic E-state index is -0.223. The first-order valence-corrected chi connectivity index (χ1v) is 8.19. The Balaban J connectivity index is 2.20. The fourth-order valence-corrected chi connectivity index (χ4v) is 2.50. The van der Waals surface area contributed by atoms with E-state index in [1.165, 1.54) is 22.7 Å². The van der Waals surface area contributed by atoms with Crippen LogP contribution in [0.4, 0.5) is 0 Å². The van der Waals surface area contributed by atoms with Gasteiger partial charge in [-0.05, 0) is 18.9 Å². The van der Waals surface area contributed by atoms with Gasteiger partial charge in [-0.2, -0.15) is 0 Å². The number of amides is 2. The predicted octanol–water partition coefficient (Wildman–Crippen LogP) is 2.09. The van der Waals surface area contributed by atoms with Crippen molar-refractivity contribution in [2.75, 3.05) is 19.3 Å². The zero-order valence-electron chi connectivity index (χ0n) is 13.0. The van der Waals surface area contributed by atoms with E-state index in [2.05, 4.69) is 29.1 Å². The summed E-state index contributed by atoms with van der Waals surface area (Å²) in [6, 6.07) is 10.5. The van der Waals surface area contributed by atoms with Crippen molar-refractivity contribution in [2.45, 2.75) is 19.4 Å². The summed E-state index contributed by atoms with van der Waals surface area (Å²) >= 11 is 1.64. The molecule has 0 aliphatic carbocycles. The first-order valence-electron chi connectivity index (χ1n) is 7.20. The highest BCUT2D eigenvalue weighted by Crippen LogP contribution is 2.14. The Morgan fingerprint density at radius 2 is 2.09 bits per heavy atom. The molecule has 2 N–H and O–H groups in total. The summed E-state index contributed by atoms with van der Waals surface area (Å²) in [6.45, 7) is 2.71. The van der Waals surface area contributed by atoms with Crippen molar-refractivity contribution in [1.82, 2.24) is 14.9 Å². The second-order valence-electron chi connectivity index (χ2n) is 4.73. The highest BCUT2D eigenvalue weighted by Gasteiger charge is 2.04. The number of benzene rings is 1. The first-order chi connectivity index (χ1) is 10.7. The number of hydrogen-bond acceptors (Lipinski definition) is 4. The monoisotopic (exact) mass is 321 g/mol. The van der Waals surface area contributed by atoms with E-state index in [1.54, 1.807) is 19.0 Å². The van der Waals surface area contributed by atoms with Crippen LogP contribution in [0.2, 0.25) is 0 Å². The van der Waals surface area contributed by atoms with Crippen molar-refractivity contribution in [3.8, 4) is 0 Å². The van der Waals surface area contributed by atoms with Crippen LogP contribution < -0.4 is 10.0 Å². The minimum Gasteiger partial charge on any atom is -0.356 e. The lowest BCUT2D eigenvalue weighted by molar-refractivity contribution is -0.116. The highest BCUT2D eigenvalue weighted by atomic mass is 32.2. The van der Waals surface area contributed by atoms with E-state index in [4.69, 9.17) is 0 Å². The molecule has 0 saturated heterocycles. The molecule has 0 aliphatic rings. The molecule has 1 atom stereocenters. The summed E-state index contributed by atoms with van der Waals surface area (Å²) in [5, 5.41) is 2.47. The Morgan fingerprint density at radius 3 is 2.73 bits per heavy atom. The summed E-state index contributed by atoms with van der Waals surface area (Å²) in [7, 11) is 1.55. The summed E-state index contributed by atoms with van der Waals surface area (Å²) in [5.74, 6) is 0.662. The normalized spacial score (nSPS) is 12.1. The van der Waals surface area contributed by atoms with Gasteiger partial charge in [-0.15, -0.1) is 0 Å². The summed E-state index contributed by atoms with van der Waals surface area (Å²) in [5.41, 5.74) is 1.25. The highest BCUT2D eigenvalue weighted by molar-refractivity contribution is 7.97. The average Bonchev–Trinajstić information content (AvgIpc) is 2.57. The molecule has 0 aromatic heterocycles. The van der Waals surface area contributed by atoms with Gasteiger partial charge in [0.25, 0.3) is 0 Å². The van der Waals surface area contributed by atoms with Crippen LogP contribution in [0.15, 0.2) is 42.6 Å². The topological polar surface area (TPSA) is 61.4 Å². The number of carbonyl (C=O) groups is 2. The molecule has 2 amide bonds. The molecular formula is C16H23N3O2S. The van der Waals surface area contributed by atoms with E-state index >= 15 is 0 Å². The largest absolute Gasteiger partial charge is 0.356 e. The maximum absolute atomic E-state index is 11.1. The Kier molecular flexibility index (Phi) is 9.02. The van der Waals surface area contributed by atoms with Crippen LogP contribution in [-0.4, -0.2) is 36.6 Å². The molecule has 1 aromatic carbocycles. The fourth-order valence-electron chi connectivity index (χ4n) is 1.72. The van der Waals surface area contributed by atoms with Gasteiger partial charge in [-0.1, -0.05) is 42.3 Å². The Labute approximate surface area is 136 Å². The van der Waals surface area contributed by atoms with Crippen molar-refractivity contribution in [3.63, 3.8) is 0 Å². The molecule has 0 saturated carbocycles. The second-order valence-corrected chi connectivity index (χ2v) is 5.66. The Morgan fingerprint density at radius 1 is 1.36 bits per heavy atom. The molecule has 120 valence electrons. The molecule has 6 heteroatoms. The maximum atomic E-state index is 11.1. The van der Waals surface area contributed by atoms with Crippen LogP contribution in [0.3, 0.4) is 0 Å². The van der Waals surface area contributed by atoms with Crippen LogP contribution in [0.25, 0.3) is 0 Å². The summed E-state index contributed by atoms with van der Waals surface area (Å²) in [6.07, 6.45) is 4.41. The molecule has 1 aromatic rings.